The second-order valence-corrected chi connectivity index (χ2v) is 2.43. The minimum Gasteiger partial charge on any atom is -0.378 e. The van der Waals surface area contributed by atoms with E-state index >= 15 is 0 Å². The Morgan fingerprint density at radius 1 is 1.57 bits per heavy atom. The van der Waals surface area contributed by atoms with Gasteiger partial charge >= 0.3 is 0 Å². The number of fused-ring (bicyclic) bond motifs is 2. The normalized spacial score (nSPS) is 40.3. The van der Waals surface area contributed by atoms with Gasteiger partial charge in [-0.3, -0.25) is 0 Å². The lowest BCUT2D eigenvalue weighted by molar-refractivity contribution is 0.0935. The average Bonchev–Trinajstić information content (AvgIpc) is 2.22. The molecule has 7 heavy (non-hydrogen) atoms. The molecule has 1 radical (unpaired) electrons. The molecule has 2 rings (SSSR count). The summed E-state index contributed by atoms with van der Waals surface area (Å²) in [6, 6.07) is 0. The van der Waals surface area contributed by atoms with Crippen LogP contribution in [-0.4, -0.2) is 12.7 Å². The summed E-state index contributed by atoms with van der Waals surface area (Å²) in [5, 5.41) is 0. The van der Waals surface area contributed by atoms with Gasteiger partial charge in [0.05, 0.1) is 12.7 Å². The van der Waals surface area contributed by atoms with Crippen LogP contribution in [0.4, 0.5) is 0 Å². The SMILES string of the molecule is C1C[C@H]2C[C]1CO2. The molecule has 1 atom stereocenters. The van der Waals surface area contributed by atoms with Crippen molar-refractivity contribution in [2.75, 3.05) is 6.61 Å². The zero-order valence-corrected chi connectivity index (χ0v) is 4.31. The lowest BCUT2D eigenvalue weighted by atomic mass is 10.1. The van der Waals surface area contributed by atoms with Crippen LogP contribution in [0.3, 0.4) is 0 Å². The van der Waals surface area contributed by atoms with Crippen molar-refractivity contribution in [2.45, 2.75) is 25.4 Å². The molecule has 2 aliphatic rings. The maximum Gasteiger partial charge on any atom is 0.0582 e. The highest BCUT2D eigenvalue weighted by Crippen LogP contribution is 2.36. The van der Waals surface area contributed by atoms with Gasteiger partial charge in [-0.1, -0.05) is 0 Å². The summed E-state index contributed by atoms with van der Waals surface area (Å²) >= 11 is 0. The lowest BCUT2D eigenvalue weighted by Gasteiger charge is -2.07. The van der Waals surface area contributed by atoms with Gasteiger partial charge < -0.3 is 4.74 Å². The third kappa shape index (κ3) is 0.480. The first-order chi connectivity index (χ1) is 3.45. The number of rotatable bonds is 0. The molecule has 0 amide bonds. The van der Waals surface area contributed by atoms with E-state index in [0.717, 1.165) is 6.61 Å². The van der Waals surface area contributed by atoms with Crippen LogP contribution >= 0.6 is 0 Å². The van der Waals surface area contributed by atoms with E-state index in [1.54, 1.807) is 5.92 Å². The molecule has 39 valence electrons. The lowest BCUT2D eigenvalue weighted by Crippen LogP contribution is -2.04. The molecule has 2 fully saturated rings. The molecular formula is C6H9O. The Balaban J connectivity index is 2.12. The first-order valence-electron chi connectivity index (χ1n) is 2.90. The van der Waals surface area contributed by atoms with Crippen molar-refractivity contribution in [2.24, 2.45) is 0 Å². The first kappa shape index (κ1) is 3.90. The van der Waals surface area contributed by atoms with Crippen LogP contribution in [-0.2, 0) is 4.74 Å². The Morgan fingerprint density at radius 3 is 2.71 bits per heavy atom. The first-order valence-corrected chi connectivity index (χ1v) is 2.90. The standard InChI is InChI=1S/C6H9O/c1-2-6-3-5(1)4-7-6/h6H,1-4H2/t6-/m0/s1. The van der Waals surface area contributed by atoms with Gasteiger partial charge in [0, 0.05) is 5.92 Å². The van der Waals surface area contributed by atoms with E-state index in [4.69, 9.17) is 4.74 Å². The van der Waals surface area contributed by atoms with Crippen LogP contribution in [0.25, 0.3) is 0 Å². The minimum atomic E-state index is 0.634. The van der Waals surface area contributed by atoms with E-state index in [0.29, 0.717) is 6.10 Å². The second-order valence-electron chi connectivity index (χ2n) is 2.43. The molecule has 1 aliphatic carbocycles. The van der Waals surface area contributed by atoms with Gasteiger partial charge in [0.1, 0.15) is 0 Å². The molecule has 1 aliphatic heterocycles. The molecule has 1 heterocycles. The number of hydrogen-bond donors (Lipinski definition) is 0. The van der Waals surface area contributed by atoms with E-state index in [1.807, 2.05) is 0 Å². The van der Waals surface area contributed by atoms with Crippen LogP contribution in [0.2, 0.25) is 0 Å². The fourth-order valence-corrected chi connectivity index (χ4v) is 1.40. The highest BCUT2D eigenvalue weighted by atomic mass is 16.5. The van der Waals surface area contributed by atoms with Crippen molar-refractivity contribution in [3.8, 4) is 0 Å². The maximum atomic E-state index is 5.31. The molecule has 1 heteroatoms. The van der Waals surface area contributed by atoms with E-state index in [1.165, 1.54) is 19.3 Å². The molecule has 0 N–H and O–H groups in total. The van der Waals surface area contributed by atoms with Crippen molar-refractivity contribution in [1.82, 2.24) is 0 Å². The Morgan fingerprint density at radius 2 is 2.57 bits per heavy atom. The molecular weight excluding hydrogens is 88.1 g/mol. The Labute approximate surface area is 43.7 Å². The zero-order valence-electron chi connectivity index (χ0n) is 4.31. The van der Waals surface area contributed by atoms with Gasteiger partial charge in [0.25, 0.3) is 0 Å². The number of hydrogen-bond acceptors (Lipinski definition) is 1. The summed E-state index contributed by atoms with van der Waals surface area (Å²) in [6.45, 7) is 0.977. The fourth-order valence-electron chi connectivity index (χ4n) is 1.40. The van der Waals surface area contributed by atoms with Gasteiger partial charge in [-0.05, 0) is 19.3 Å². The van der Waals surface area contributed by atoms with Gasteiger partial charge in [0.15, 0.2) is 0 Å². The predicted molar refractivity (Wildman–Crippen MR) is 26.8 cm³/mol. The van der Waals surface area contributed by atoms with Crippen molar-refractivity contribution in [3.63, 3.8) is 0 Å². The van der Waals surface area contributed by atoms with Gasteiger partial charge in [-0.25, -0.2) is 0 Å². The number of ether oxygens (including phenoxy) is 1. The van der Waals surface area contributed by atoms with Crippen LogP contribution in [0.5, 0.6) is 0 Å². The third-order valence-corrected chi connectivity index (χ3v) is 1.86. The summed E-state index contributed by atoms with van der Waals surface area (Å²) in [6.07, 6.45) is 4.56. The molecule has 2 bridgehead atoms. The zero-order chi connectivity index (χ0) is 4.69. The monoisotopic (exact) mass is 97.1 g/mol. The Hall–Kier alpha value is -0.0400. The minimum absolute atomic E-state index is 0.634. The van der Waals surface area contributed by atoms with Crippen LogP contribution in [0.1, 0.15) is 19.3 Å². The quantitative estimate of drug-likeness (QED) is 0.440. The summed E-state index contributed by atoms with van der Waals surface area (Å²) in [7, 11) is 0. The summed E-state index contributed by atoms with van der Waals surface area (Å²) < 4.78 is 5.31. The molecule has 0 aromatic rings. The third-order valence-electron chi connectivity index (χ3n) is 1.86. The predicted octanol–water partition coefficient (Wildman–Crippen LogP) is 1.14. The molecule has 1 nitrogen and oxygen atoms in total. The summed E-state index contributed by atoms with van der Waals surface area (Å²) in [5.74, 6) is 1.64. The molecule has 0 spiro atoms. The van der Waals surface area contributed by atoms with Crippen LogP contribution in [0, 0.1) is 5.92 Å². The van der Waals surface area contributed by atoms with E-state index in [9.17, 15) is 0 Å². The highest BCUT2D eigenvalue weighted by Gasteiger charge is 2.32. The van der Waals surface area contributed by atoms with Gasteiger partial charge in [0.2, 0.25) is 0 Å². The van der Waals surface area contributed by atoms with Crippen molar-refractivity contribution in [3.05, 3.63) is 5.92 Å². The van der Waals surface area contributed by atoms with E-state index in [2.05, 4.69) is 0 Å². The largest absolute Gasteiger partial charge is 0.378 e. The highest BCUT2D eigenvalue weighted by molar-refractivity contribution is 5.04. The topological polar surface area (TPSA) is 9.23 Å². The van der Waals surface area contributed by atoms with Crippen LogP contribution < -0.4 is 0 Å². The summed E-state index contributed by atoms with van der Waals surface area (Å²) in [5.41, 5.74) is 0. The maximum absolute atomic E-state index is 5.31. The van der Waals surface area contributed by atoms with E-state index in [-0.39, 0.29) is 0 Å². The molecule has 1 saturated heterocycles. The van der Waals surface area contributed by atoms with Crippen molar-refractivity contribution in [1.29, 1.82) is 0 Å². The van der Waals surface area contributed by atoms with Crippen LogP contribution in [0.15, 0.2) is 0 Å². The molecule has 0 unspecified atom stereocenters. The fraction of sp³-hybridized carbons (Fsp3) is 0.833. The Bertz CT molecular complexity index is 62.2. The van der Waals surface area contributed by atoms with E-state index < -0.39 is 0 Å². The molecule has 1 saturated carbocycles. The smallest absolute Gasteiger partial charge is 0.0582 e. The summed E-state index contributed by atoms with van der Waals surface area (Å²) in [4.78, 5) is 0. The van der Waals surface area contributed by atoms with Crippen molar-refractivity contribution < 1.29 is 4.74 Å². The Kier molecular flexibility index (Phi) is 0.680. The molecule has 0 aromatic heterocycles. The molecule has 0 aromatic carbocycles. The van der Waals surface area contributed by atoms with Gasteiger partial charge in [-0.2, -0.15) is 0 Å². The van der Waals surface area contributed by atoms with Crippen molar-refractivity contribution >= 4 is 0 Å². The van der Waals surface area contributed by atoms with Gasteiger partial charge in [-0.15, -0.1) is 0 Å². The second kappa shape index (κ2) is 1.22. The average molecular weight is 97.1 g/mol.